The number of fused-ring (bicyclic) bond motifs is 1. The Balaban J connectivity index is 2.21. The molecule has 3 rings (SSSR count). The van der Waals surface area contributed by atoms with Gasteiger partial charge in [-0.05, 0) is 24.7 Å². The molecule has 6 heteroatoms. The number of benzene rings is 1. The molecule has 18 heavy (non-hydrogen) atoms. The average Bonchev–Trinajstić information content (AvgIpc) is 2.66. The summed E-state index contributed by atoms with van der Waals surface area (Å²) in [5, 5.41) is 0. The fourth-order valence-corrected chi connectivity index (χ4v) is 2.41. The second-order valence-electron chi connectivity index (χ2n) is 4.18. The van der Waals surface area contributed by atoms with E-state index in [2.05, 4.69) is 9.97 Å². The molecule has 2 heterocycles. The first-order chi connectivity index (χ1) is 8.66. The first kappa shape index (κ1) is 11.2. The molecule has 1 aromatic carbocycles. The number of aromatic amines is 1. The fraction of sp³-hybridized carbons (Fsp3) is 0.250. The summed E-state index contributed by atoms with van der Waals surface area (Å²) in [5.74, 6) is 0. The highest BCUT2D eigenvalue weighted by Gasteiger charge is 2.34. The molecule has 5 nitrogen and oxygen atoms in total. The van der Waals surface area contributed by atoms with Crippen molar-refractivity contribution in [3.63, 3.8) is 0 Å². The van der Waals surface area contributed by atoms with Gasteiger partial charge >= 0.3 is 11.7 Å². The molecule has 0 saturated heterocycles. The van der Waals surface area contributed by atoms with E-state index in [1.54, 1.807) is 0 Å². The van der Waals surface area contributed by atoms with Gasteiger partial charge in [-0.2, -0.15) is 4.98 Å². The van der Waals surface area contributed by atoms with Gasteiger partial charge in [-0.25, -0.2) is 9.36 Å². The standard InChI is InChI=1S/C12H11N3O2S/c1-7-9(8-5-3-2-4-6-8)15-11(16)13-10(18)14-12(15)17-7/h2-7,9H,1H3,(H,13,16,18)/t7-,9-/m1/s1. The summed E-state index contributed by atoms with van der Waals surface area (Å²) in [5.41, 5.74) is 0.723. The minimum absolute atomic E-state index is 0.146. The zero-order valence-electron chi connectivity index (χ0n) is 9.66. The van der Waals surface area contributed by atoms with Crippen molar-refractivity contribution in [1.29, 1.82) is 0 Å². The van der Waals surface area contributed by atoms with Crippen LogP contribution >= 0.6 is 12.2 Å². The first-order valence-electron chi connectivity index (χ1n) is 5.61. The third kappa shape index (κ3) is 1.65. The predicted molar refractivity (Wildman–Crippen MR) is 68.4 cm³/mol. The van der Waals surface area contributed by atoms with Crippen molar-refractivity contribution >= 4 is 12.2 Å². The van der Waals surface area contributed by atoms with Crippen LogP contribution in [-0.2, 0) is 0 Å². The van der Waals surface area contributed by atoms with Crippen LogP contribution in [0.15, 0.2) is 35.1 Å². The van der Waals surface area contributed by atoms with Crippen LogP contribution in [0.1, 0.15) is 18.5 Å². The van der Waals surface area contributed by atoms with Gasteiger partial charge in [-0.3, -0.25) is 4.98 Å². The van der Waals surface area contributed by atoms with E-state index in [1.807, 2.05) is 37.3 Å². The van der Waals surface area contributed by atoms with Crippen molar-refractivity contribution < 1.29 is 4.74 Å². The summed E-state index contributed by atoms with van der Waals surface area (Å²) >= 11 is 4.87. The van der Waals surface area contributed by atoms with Gasteiger partial charge in [0.1, 0.15) is 12.1 Å². The third-order valence-corrected chi connectivity index (χ3v) is 3.18. The topological polar surface area (TPSA) is 59.9 Å². The lowest BCUT2D eigenvalue weighted by atomic mass is 10.0. The number of nitrogens with zero attached hydrogens (tertiary/aromatic N) is 2. The van der Waals surface area contributed by atoms with Crippen molar-refractivity contribution in [1.82, 2.24) is 14.5 Å². The monoisotopic (exact) mass is 261 g/mol. The van der Waals surface area contributed by atoms with Gasteiger partial charge < -0.3 is 4.74 Å². The maximum absolute atomic E-state index is 12.0. The van der Waals surface area contributed by atoms with E-state index in [9.17, 15) is 4.79 Å². The first-order valence-corrected chi connectivity index (χ1v) is 6.02. The van der Waals surface area contributed by atoms with Crippen molar-refractivity contribution in [2.24, 2.45) is 0 Å². The third-order valence-electron chi connectivity index (χ3n) is 2.99. The van der Waals surface area contributed by atoms with Crippen molar-refractivity contribution in [3.05, 3.63) is 51.2 Å². The molecule has 0 saturated carbocycles. The Kier molecular flexibility index (Phi) is 2.52. The number of ether oxygens (including phenoxy) is 1. The Morgan fingerprint density at radius 1 is 1.39 bits per heavy atom. The summed E-state index contributed by atoms with van der Waals surface area (Å²) in [6.45, 7) is 1.91. The van der Waals surface area contributed by atoms with E-state index in [-0.39, 0.29) is 28.6 Å². The molecule has 1 N–H and O–H groups in total. The van der Waals surface area contributed by atoms with E-state index in [0.717, 1.165) is 5.56 Å². The van der Waals surface area contributed by atoms with E-state index in [4.69, 9.17) is 17.0 Å². The second-order valence-corrected chi connectivity index (χ2v) is 4.56. The maximum atomic E-state index is 12.0. The summed E-state index contributed by atoms with van der Waals surface area (Å²) in [6, 6.07) is 9.84. The largest absolute Gasteiger partial charge is 0.459 e. The molecule has 1 aliphatic heterocycles. The Hall–Kier alpha value is -1.95. The van der Waals surface area contributed by atoms with Gasteiger partial charge in [0.15, 0.2) is 0 Å². The zero-order valence-corrected chi connectivity index (χ0v) is 10.5. The molecule has 0 unspecified atom stereocenters. The van der Waals surface area contributed by atoms with Crippen LogP contribution in [0.4, 0.5) is 0 Å². The van der Waals surface area contributed by atoms with Gasteiger partial charge in [-0.1, -0.05) is 30.3 Å². The lowest BCUT2D eigenvalue weighted by molar-refractivity contribution is 0.229. The highest BCUT2D eigenvalue weighted by atomic mass is 32.1. The molecule has 0 aliphatic carbocycles. The van der Waals surface area contributed by atoms with Crippen molar-refractivity contribution in [3.8, 4) is 6.01 Å². The summed E-state index contributed by atoms with van der Waals surface area (Å²) < 4.78 is 7.26. The molecule has 2 atom stereocenters. The fourth-order valence-electron chi connectivity index (χ4n) is 2.25. The maximum Gasteiger partial charge on any atom is 0.332 e. The number of hydrogen-bond donors (Lipinski definition) is 1. The number of rotatable bonds is 1. The van der Waals surface area contributed by atoms with Gasteiger partial charge in [0.25, 0.3) is 0 Å². The summed E-state index contributed by atoms with van der Waals surface area (Å²) in [7, 11) is 0. The Morgan fingerprint density at radius 3 is 2.83 bits per heavy atom. The molecular weight excluding hydrogens is 250 g/mol. The lowest BCUT2D eigenvalue weighted by Gasteiger charge is -2.15. The van der Waals surface area contributed by atoms with Crippen molar-refractivity contribution in [2.75, 3.05) is 0 Å². The van der Waals surface area contributed by atoms with Crippen LogP contribution in [0.2, 0.25) is 0 Å². The van der Waals surface area contributed by atoms with Gasteiger partial charge in [0.05, 0.1) is 0 Å². The molecular formula is C12H11N3O2S. The number of H-pyrrole nitrogens is 1. The van der Waals surface area contributed by atoms with Gasteiger partial charge in [0.2, 0.25) is 4.77 Å². The van der Waals surface area contributed by atoms with Crippen LogP contribution in [0.25, 0.3) is 0 Å². The highest BCUT2D eigenvalue weighted by molar-refractivity contribution is 7.71. The quantitative estimate of drug-likeness (QED) is 0.793. The van der Waals surface area contributed by atoms with Crippen LogP contribution in [0, 0.1) is 4.77 Å². The molecule has 0 amide bonds. The zero-order chi connectivity index (χ0) is 12.7. The number of hydrogen-bond acceptors (Lipinski definition) is 4. The molecule has 2 aromatic rings. The van der Waals surface area contributed by atoms with E-state index in [1.165, 1.54) is 4.57 Å². The summed E-state index contributed by atoms with van der Waals surface area (Å²) in [6.07, 6.45) is -0.155. The normalized spacial score (nSPS) is 21.4. The van der Waals surface area contributed by atoms with E-state index < -0.39 is 0 Å². The SMILES string of the molecule is C[C@H]1Oc2nc(=S)[nH]c(=O)n2[C@H]1c1ccccc1. The molecule has 0 spiro atoms. The molecule has 1 aliphatic rings. The summed E-state index contributed by atoms with van der Waals surface area (Å²) in [4.78, 5) is 18.5. The number of aromatic nitrogens is 3. The van der Waals surface area contributed by atoms with E-state index >= 15 is 0 Å². The van der Waals surface area contributed by atoms with Crippen molar-refractivity contribution in [2.45, 2.75) is 19.1 Å². The van der Waals surface area contributed by atoms with Gasteiger partial charge in [0, 0.05) is 0 Å². The number of nitrogens with one attached hydrogen (secondary N) is 1. The average molecular weight is 261 g/mol. The Morgan fingerprint density at radius 2 is 2.11 bits per heavy atom. The molecule has 0 radical (unpaired) electrons. The molecule has 1 aromatic heterocycles. The smallest absolute Gasteiger partial charge is 0.332 e. The van der Waals surface area contributed by atoms with E-state index in [0.29, 0.717) is 0 Å². The second kappa shape index (κ2) is 4.06. The molecule has 0 fully saturated rings. The lowest BCUT2D eigenvalue weighted by Crippen LogP contribution is -2.28. The minimum atomic E-state index is -0.289. The predicted octanol–water partition coefficient (Wildman–Crippen LogP) is 1.67. The van der Waals surface area contributed by atoms with Gasteiger partial charge in [-0.15, -0.1) is 0 Å². The molecule has 0 bridgehead atoms. The Labute approximate surface area is 108 Å². The minimum Gasteiger partial charge on any atom is -0.459 e. The van der Waals surface area contributed by atoms with Crippen LogP contribution in [-0.4, -0.2) is 20.6 Å². The molecule has 92 valence electrons. The van der Waals surface area contributed by atoms with Crippen LogP contribution in [0.5, 0.6) is 6.01 Å². The van der Waals surface area contributed by atoms with Crippen LogP contribution < -0.4 is 10.4 Å². The Bertz CT molecular complexity index is 692. The highest BCUT2D eigenvalue weighted by Crippen LogP contribution is 2.31. The van der Waals surface area contributed by atoms with Crippen LogP contribution in [0.3, 0.4) is 0 Å².